The minimum absolute atomic E-state index is 0.133. The molecule has 1 aliphatic heterocycles. The Labute approximate surface area is 149 Å². The lowest BCUT2D eigenvalue weighted by molar-refractivity contribution is -0.118. The second-order valence-corrected chi connectivity index (χ2v) is 7.02. The summed E-state index contributed by atoms with van der Waals surface area (Å²) < 4.78 is 0. The molecule has 8 heteroatoms. The molecule has 0 aromatic carbocycles. The number of rotatable bonds is 5. The van der Waals surface area contributed by atoms with Crippen molar-refractivity contribution in [3.8, 4) is 0 Å². The highest BCUT2D eigenvalue weighted by Crippen LogP contribution is 2.29. The van der Waals surface area contributed by atoms with Crippen molar-refractivity contribution in [1.29, 1.82) is 0 Å². The van der Waals surface area contributed by atoms with Gasteiger partial charge >= 0.3 is 5.97 Å². The number of nitrogens with one attached hydrogen (secondary N) is 1. The number of thiazole rings is 1. The smallest absolute Gasteiger partial charge is 0.347 e. The molecule has 1 atom stereocenters. The van der Waals surface area contributed by atoms with Crippen LogP contribution < -0.4 is 5.32 Å². The van der Waals surface area contributed by atoms with Crippen LogP contribution in [0.25, 0.3) is 0 Å². The standard InChI is InChI=1S/C17H20N4O3S/c1-11-15(16(23)24)25-17(19-11)20-14(22)10-21-9-5-3-7-13(21)12-6-2-4-8-18-12/h2,4,6,8,13H,3,5,7,9-10H2,1H3,(H,23,24)(H,19,20,22)/t13-/m1/s1. The summed E-state index contributed by atoms with van der Waals surface area (Å²) in [6, 6.07) is 5.97. The molecule has 3 heterocycles. The van der Waals surface area contributed by atoms with Gasteiger partial charge in [0, 0.05) is 6.20 Å². The van der Waals surface area contributed by atoms with E-state index in [0.717, 1.165) is 42.8 Å². The number of carbonyl (C=O) groups is 2. The first-order chi connectivity index (χ1) is 12.0. The number of carboxylic acid groups (broad SMARTS) is 1. The van der Waals surface area contributed by atoms with Crippen LogP contribution in [0.4, 0.5) is 5.13 Å². The molecule has 1 aliphatic rings. The molecule has 2 aromatic rings. The minimum atomic E-state index is -1.03. The molecule has 25 heavy (non-hydrogen) atoms. The molecule has 0 aliphatic carbocycles. The van der Waals surface area contributed by atoms with E-state index in [9.17, 15) is 9.59 Å². The van der Waals surface area contributed by atoms with Gasteiger partial charge in [-0.05, 0) is 38.4 Å². The van der Waals surface area contributed by atoms with Crippen molar-refractivity contribution in [2.45, 2.75) is 32.2 Å². The van der Waals surface area contributed by atoms with Crippen LogP contribution in [0, 0.1) is 6.92 Å². The van der Waals surface area contributed by atoms with E-state index in [1.165, 1.54) is 0 Å². The van der Waals surface area contributed by atoms with Crippen LogP contribution in [-0.2, 0) is 4.79 Å². The number of carboxylic acids is 1. The van der Waals surface area contributed by atoms with Gasteiger partial charge in [0.25, 0.3) is 0 Å². The highest BCUT2D eigenvalue weighted by atomic mass is 32.1. The third kappa shape index (κ3) is 4.21. The zero-order valence-corrected chi connectivity index (χ0v) is 14.8. The van der Waals surface area contributed by atoms with Crippen LogP contribution in [0.2, 0.25) is 0 Å². The number of anilines is 1. The summed E-state index contributed by atoms with van der Waals surface area (Å²) in [6.45, 7) is 2.70. The third-order valence-electron chi connectivity index (χ3n) is 4.23. The van der Waals surface area contributed by atoms with Gasteiger partial charge in [-0.25, -0.2) is 9.78 Å². The molecule has 7 nitrogen and oxygen atoms in total. The van der Waals surface area contributed by atoms with E-state index in [-0.39, 0.29) is 23.4 Å². The van der Waals surface area contributed by atoms with Gasteiger partial charge in [0.15, 0.2) is 5.13 Å². The molecule has 2 N–H and O–H groups in total. The second-order valence-electron chi connectivity index (χ2n) is 6.02. The molecule has 0 radical (unpaired) electrons. The largest absolute Gasteiger partial charge is 0.477 e. The molecule has 0 unspecified atom stereocenters. The van der Waals surface area contributed by atoms with Gasteiger partial charge in [0.2, 0.25) is 5.91 Å². The van der Waals surface area contributed by atoms with Crippen LogP contribution in [0.5, 0.6) is 0 Å². The number of hydrogen-bond acceptors (Lipinski definition) is 6. The minimum Gasteiger partial charge on any atom is -0.477 e. The molecule has 3 rings (SSSR count). The SMILES string of the molecule is Cc1nc(NC(=O)CN2CCCC[C@@H]2c2ccccn2)sc1C(=O)O. The normalized spacial score (nSPS) is 18.0. The third-order valence-corrected chi connectivity index (χ3v) is 5.29. The maximum Gasteiger partial charge on any atom is 0.347 e. The molecule has 1 saturated heterocycles. The van der Waals surface area contributed by atoms with Crippen molar-refractivity contribution in [1.82, 2.24) is 14.9 Å². The zero-order valence-electron chi connectivity index (χ0n) is 13.9. The van der Waals surface area contributed by atoms with Crippen molar-refractivity contribution in [2.75, 3.05) is 18.4 Å². The summed E-state index contributed by atoms with van der Waals surface area (Å²) in [7, 11) is 0. The fraction of sp³-hybridized carbons (Fsp3) is 0.412. The number of aromatic carboxylic acids is 1. The Balaban J connectivity index is 1.66. The number of piperidine rings is 1. The molecule has 0 saturated carbocycles. The molecule has 1 fully saturated rings. The Morgan fingerprint density at radius 1 is 1.40 bits per heavy atom. The second kappa shape index (κ2) is 7.71. The summed E-state index contributed by atoms with van der Waals surface area (Å²) in [6.07, 6.45) is 4.92. The van der Waals surface area contributed by atoms with Crippen LogP contribution in [0.3, 0.4) is 0 Å². The molecule has 0 spiro atoms. The topological polar surface area (TPSA) is 95.4 Å². The average molecular weight is 360 g/mol. The molecular weight excluding hydrogens is 340 g/mol. The Morgan fingerprint density at radius 3 is 2.92 bits per heavy atom. The molecule has 2 aromatic heterocycles. The average Bonchev–Trinajstić information content (AvgIpc) is 2.96. The molecular formula is C17H20N4O3S. The zero-order chi connectivity index (χ0) is 17.8. The van der Waals surface area contributed by atoms with E-state index < -0.39 is 5.97 Å². The van der Waals surface area contributed by atoms with E-state index in [2.05, 4.69) is 20.2 Å². The predicted molar refractivity (Wildman–Crippen MR) is 94.8 cm³/mol. The van der Waals surface area contributed by atoms with Crippen molar-refractivity contribution in [3.05, 3.63) is 40.7 Å². The Bertz CT molecular complexity index is 763. The van der Waals surface area contributed by atoms with Gasteiger partial charge < -0.3 is 10.4 Å². The quantitative estimate of drug-likeness (QED) is 0.851. The van der Waals surface area contributed by atoms with Crippen LogP contribution in [0.1, 0.15) is 46.4 Å². The molecule has 1 amide bonds. The van der Waals surface area contributed by atoms with E-state index in [1.54, 1.807) is 13.1 Å². The van der Waals surface area contributed by atoms with Gasteiger partial charge in [0.1, 0.15) is 4.88 Å². The van der Waals surface area contributed by atoms with Crippen LogP contribution in [-0.4, -0.2) is 44.9 Å². The number of hydrogen-bond donors (Lipinski definition) is 2. The number of likely N-dealkylation sites (tertiary alicyclic amines) is 1. The fourth-order valence-electron chi connectivity index (χ4n) is 3.08. The highest BCUT2D eigenvalue weighted by molar-refractivity contribution is 7.17. The van der Waals surface area contributed by atoms with Crippen LogP contribution in [0.15, 0.2) is 24.4 Å². The first-order valence-corrected chi connectivity index (χ1v) is 9.02. The number of carbonyl (C=O) groups excluding carboxylic acids is 1. The van der Waals surface area contributed by atoms with E-state index in [4.69, 9.17) is 5.11 Å². The maximum absolute atomic E-state index is 12.4. The fourth-order valence-corrected chi connectivity index (χ4v) is 3.90. The Morgan fingerprint density at radius 2 is 2.24 bits per heavy atom. The van der Waals surface area contributed by atoms with Crippen molar-refractivity contribution >= 4 is 28.3 Å². The highest BCUT2D eigenvalue weighted by Gasteiger charge is 2.27. The summed E-state index contributed by atoms with van der Waals surface area (Å²) in [4.78, 5) is 34.3. The van der Waals surface area contributed by atoms with Gasteiger partial charge in [-0.1, -0.05) is 23.8 Å². The summed E-state index contributed by atoms with van der Waals surface area (Å²) in [5.41, 5.74) is 1.39. The lowest BCUT2D eigenvalue weighted by atomic mass is 9.99. The first-order valence-electron chi connectivity index (χ1n) is 8.20. The number of aromatic nitrogens is 2. The number of aryl methyl sites for hydroxylation is 1. The molecule has 132 valence electrons. The summed E-state index contributed by atoms with van der Waals surface area (Å²) in [5, 5.41) is 12.1. The van der Waals surface area contributed by atoms with Gasteiger partial charge in [0.05, 0.1) is 24.0 Å². The van der Waals surface area contributed by atoms with Crippen LogP contribution >= 0.6 is 11.3 Å². The Hall–Kier alpha value is -2.32. The summed E-state index contributed by atoms with van der Waals surface area (Å²) >= 11 is 0.982. The number of nitrogens with zero attached hydrogens (tertiary/aromatic N) is 3. The van der Waals surface area contributed by atoms with E-state index in [0.29, 0.717) is 10.8 Å². The lowest BCUT2D eigenvalue weighted by Gasteiger charge is -2.34. The predicted octanol–water partition coefficient (Wildman–Crippen LogP) is 2.71. The maximum atomic E-state index is 12.4. The lowest BCUT2D eigenvalue weighted by Crippen LogP contribution is -2.39. The summed E-state index contributed by atoms with van der Waals surface area (Å²) in [5.74, 6) is -1.21. The first kappa shape index (κ1) is 17.5. The number of amides is 1. The van der Waals surface area contributed by atoms with E-state index in [1.807, 2.05) is 18.2 Å². The van der Waals surface area contributed by atoms with Crippen molar-refractivity contribution in [3.63, 3.8) is 0 Å². The monoisotopic (exact) mass is 360 g/mol. The van der Waals surface area contributed by atoms with Crippen molar-refractivity contribution in [2.24, 2.45) is 0 Å². The van der Waals surface area contributed by atoms with Crippen molar-refractivity contribution < 1.29 is 14.7 Å². The van der Waals surface area contributed by atoms with Gasteiger partial charge in [-0.2, -0.15) is 0 Å². The van der Waals surface area contributed by atoms with Gasteiger partial charge in [-0.3, -0.25) is 14.7 Å². The molecule has 0 bridgehead atoms. The Kier molecular flexibility index (Phi) is 5.40. The number of pyridine rings is 1. The van der Waals surface area contributed by atoms with E-state index >= 15 is 0 Å². The van der Waals surface area contributed by atoms with Gasteiger partial charge in [-0.15, -0.1) is 0 Å².